The maximum atomic E-state index is 5.14. The number of hydrogen-bond donors (Lipinski definition) is 0. The molecule has 30 heavy (non-hydrogen) atoms. The highest BCUT2D eigenvalue weighted by Gasteiger charge is 2.24. The van der Waals surface area contributed by atoms with Crippen LogP contribution in [0.2, 0.25) is 0 Å². The van der Waals surface area contributed by atoms with Crippen LogP contribution in [0.15, 0.2) is 54.4 Å². The second kappa shape index (κ2) is 8.28. The quantitative estimate of drug-likeness (QED) is 0.429. The van der Waals surface area contributed by atoms with E-state index in [-0.39, 0.29) is 0 Å². The summed E-state index contributed by atoms with van der Waals surface area (Å²) in [7, 11) is 0. The molecule has 5 heterocycles. The summed E-state index contributed by atoms with van der Waals surface area (Å²) in [6.45, 7) is 7.71. The van der Waals surface area contributed by atoms with Crippen LogP contribution in [0.5, 0.6) is 0 Å². The van der Waals surface area contributed by atoms with Crippen molar-refractivity contribution in [2.24, 2.45) is 0 Å². The molecule has 4 aromatic heterocycles. The summed E-state index contributed by atoms with van der Waals surface area (Å²) in [5.74, 6) is 0.486. The third-order valence-electron chi connectivity index (χ3n) is 6.04. The fourth-order valence-electron chi connectivity index (χ4n) is 4.38. The van der Waals surface area contributed by atoms with Gasteiger partial charge in [0, 0.05) is 47.0 Å². The molecule has 0 radical (unpaired) electrons. The molecule has 1 fully saturated rings. The van der Waals surface area contributed by atoms with Crippen molar-refractivity contribution in [2.75, 3.05) is 13.1 Å². The van der Waals surface area contributed by atoms with Crippen LogP contribution in [0.25, 0.3) is 22.3 Å². The Morgan fingerprint density at radius 1 is 1.17 bits per heavy atom. The Morgan fingerprint density at radius 2 is 2.03 bits per heavy atom. The van der Waals surface area contributed by atoms with Gasteiger partial charge in [-0.1, -0.05) is 6.07 Å². The molecule has 0 N–H and O–H groups in total. The summed E-state index contributed by atoms with van der Waals surface area (Å²) < 4.78 is 2.26. The Kier molecular flexibility index (Phi) is 5.35. The van der Waals surface area contributed by atoms with Gasteiger partial charge in [0.2, 0.25) is 0 Å². The maximum Gasteiger partial charge on any atom is 0.115 e. The van der Waals surface area contributed by atoms with E-state index >= 15 is 0 Å². The highest BCUT2D eigenvalue weighted by atomic mass is 32.1. The Morgan fingerprint density at radius 3 is 2.73 bits per heavy atom. The van der Waals surface area contributed by atoms with Crippen LogP contribution in [0, 0.1) is 0 Å². The van der Waals surface area contributed by atoms with Crippen molar-refractivity contribution in [3.8, 4) is 11.3 Å². The lowest BCUT2D eigenvalue weighted by atomic mass is 9.92. The van der Waals surface area contributed by atoms with E-state index in [9.17, 15) is 0 Å². The number of fused-ring (bicyclic) bond motifs is 1. The molecular weight excluding hydrogens is 390 g/mol. The minimum atomic E-state index is 0.361. The molecular formula is C24H27N5S. The molecule has 5 nitrogen and oxygen atoms in total. The smallest absolute Gasteiger partial charge is 0.115 e. The largest absolute Gasteiger partial charge is 0.328 e. The lowest BCUT2D eigenvalue weighted by Gasteiger charge is -2.31. The van der Waals surface area contributed by atoms with Crippen molar-refractivity contribution < 1.29 is 0 Å². The van der Waals surface area contributed by atoms with E-state index in [1.807, 2.05) is 29.9 Å². The normalized spacial score (nSPS) is 16.0. The molecule has 1 aliphatic heterocycles. The minimum Gasteiger partial charge on any atom is -0.328 e. The molecule has 5 rings (SSSR count). The van der Waals surface area contributed by atoms with Crippen LogP contribution < -0.4 is 0 Å². The zero-order chi connectivity index (χ0) is 20.5. The van der Waals surface area contributed by atoms with Crippen molar-refractivity contribution in [1.82, 2.24) is 24.4 Å². The van der Waals surface area contributed by atoms with Crippen LogP contribution in [0.1, 0.15) is 49.2 Å². The number of hydrogen-bond acceptors (Lipinski definition) is 5. The molecule has 6 heteroatoms. The number of nitrogens with zero attached hydrogens (tertiary/aromatic N) is 5. The number of likely N-dealkylation sites (tertiary alicyclic amines) is 1. The van der Waals surface area contributed by atoms with Gasteiger partial charge in [0.25, 0.3) is 0 Å². The van der Waals surface area contributed by atoms with Gasteiger partial charge < -0.3 is 4.57 Å². The van der Waals surface area contributed by atoms with Crippen molar-refractivity contribution in [3.63, 3.8) is 0 Å². The van der Waals surface area contributed by atoms with Gasteiger partial charge in [-0.2, -0.15) is 0 Å². The summed E-state index contributed by atoms with van der Waals surface area (Å²) in [6, 6.07) is 11.1. The molecule has 154 valence electrons. The van der Waals surface area contributed by atoms with Gasteiger partial charge in [0.15, 0.2) is 0 Å². The zero-order valence-corrected chi connectivity index (χ0v) is 18.3. The van der Waals surface area contributed by atoms with Crippen molar-refractivity contribution in [1.29, 1.82) is 0 Å². The first-order valence-corrected chi connectivity index (χ1v) is 11.6. The van der Waals surface area contributed by atoms with E-state index in [0.717, 1.165) is 49.2 Å². The molecule has 0 unspecified atom stereocenters. The molecule has 4 aromatic rings. The molecule has 0 spiro atoms. The lowest BCUT2D eigenvalue weighted by Crippen LogP contribution is -2.32. The summed E-state index contributed by atoms with van der Waals surface area (Å²) in [5.41, 5.74) is 5.33. The van der Waals surface area contributed by atoms with Gasteiger partial charge >= 0.3 is 0 Å². The van der Waals surface area contributed by atoms with Gasteiger partial charge in [-0.05, 0) is 69.4 Å². The van der Waals surface area contributed by atoms with Gasteiger partial charge in [0.1, 0.15) is 5.52 Å². The van der Waals surface area contributed by atoms with Crippen LogP contribution >= 0.6 is 11.3 Å². The number of thiophene rings is 1. The van der Waals surface area contributed by atoms with Gasteiger partial charge in [0.05, 0.1) is 17.5 Å². The summed E-state index contributed by atoms with van der Waals surface area (Å²) in [6.07, 6.45) is 7.94. The first kappa shape index (κ1) is 19.4. The van der Waals surface area contributed by atoms with E-state index in [2.05, 4.69) is 57.9 Å². The molecule has 1 aliphatic rings. The molecule has 0 bridgehead atoms. The number of pyridine rings is 2. The molecule has 0 aromatic carbocycles. The van der Waals surface area contributed by atoms with E-state index in [4.69, 9.17) is 9.97 Å². The standard InChI is InChI=1S/C24H27N5S/c1-17(2)29-16-26-24-22(29)13-21(27-23(24)19-5-3-9-25-14-19)18-7-10-28(11-8-18)15-20-6-4-12-30-20/h3-6,9,12-14,16-18H,7-8,10-11,15H2,1-2H3. The Labute approximate surface area is 181 Å². The fourth-order valence-corrected chi connectivity index (χ4v) is 5.13. The average molecular weight is 418 g/mol. The van der Waals surface area contributed by atoms with Gasteiger partial charge in [-0.25, -0.2) is 4.98 Å². The second-order valence-electron chi connectivity index (χ2n) is 8.38. The minimum absolute atomic E-state index is 0.361. The Balaban J connectivity index is 1.46. The molecule has 0 amide bonds. The summed E-state index contributed by atoms with van der Waals surface area (Å²) in [5, 5.41) is 2.17. The predicted octanol–water partition coefficient (Wildman–Crippen LogP) is 5.52. The first-order chi connectivity index (χ1) is 14.7. The number of rotatable bonds is 5. The van der Waals surface area contributed by atoms with Crippen LogP contribution in [-0.4, -0.2) is 37.5 Å². The van der Waals surface area contributed by atoms with E-state index in [1.54, 1.807) is 6.20 Å². The average Bonchev–Trinajstić information content (AvgIpc) is 3.44. The van der Waals surface area contributed by atoms with Gasteiger partial charge in [-0.3, -0.25) is 14.9 Å². The molecule has 0 aliphatic carbocycles. The first-order valence-electron chi connectivity index (χ1n) is 10.7. The van der Waals surface area contributed by atoms with Crippen LogP contribution in [0.4, 0.5) is 0 Å². The van der Waals surface area contributed by atoms with E-state index in [0.29, 0.717) is 12.0 Å². The highest BCUT2D eigenvalue weighted by Crippen LogP contribution is 2.34. The van der Waals surface area contributed by atoms with Crippen molar-refractivity contribution >= 4 is 22.4 Å². The lowest BCUT2D eigenvalue weighted by molar-refractivity contribution is 0.205. The summed E-state index contributed by atoms with van der Waals surface area (Å²) >= 11 is 1.85. The summed E-state index contributed by atoms with van der Waals surface area (Å²) in [4.78, 5) is 18.2. The Bertz CT molecular complexity index is 1110. The molecule has 0 saturated carbocycles. The van der Waals surface area contributed by atoms with Crippen molar-refractivity contribution in [3.05, 3.63) is 65.0 Å². The van der Waals surface area contributed by atoms with E-state index < -0.39 is 0 Å². The zero-order valence-electron chi connectivity index (χ0n) is 17.5. The number of piperidine rings is 1. The molecule has 1 saturated heterocycles. The number of imidazole rings is 1. The second-order valence-corrected chi connectivity index (χ2v) is 9.41. The third kappa shape index (κ3) is 3.77. The monoisotopic (exact) mass is 417 g/mol. The predicted molar refractivity (Wildman–Crippen MR) is 123 cm³/mol. The van der Waals surface area contributed by atoms with Crippen LogP contribution in [-0.2, 0) is 6.54 Å². The topological polar surface area (TPSA) is 46.8 Å². The number of aromatic nitrogens is 4. The fraction of sp³-hybridized carbons (Fsp3) is 0.375. The van der Waals surface area contributed by atoms with Gasteiger partial charge in [-0.15, -0.1) is 11.3 Å². The maximum absolute atomic E-state index is 5.14. The van der Waals surface area contributed by atoms with Crippen LogP contribution in [0.3, 0.4) is 0 Å². The molecule has 0 atom stereocenters. The van der Waals surface area contributed by atoms with Crippen molar-refractivity contribution in [2.45, 2.75) is 45.2 Å². The van der Waals surface area contributed by atoms with E-state index in [1.165, 1.54) is 16.1 Å². The third-order valence-corrected chi connectivity index (χ3v) is 6.90. The SMILES string of the molecule is CC(C)n1cnc2c(-c3cccnc3)nc(C3CCN(Cc4cccs4)CC3)cc21. The highest BCUT2D eigenvalue weighted by molar-refractivity contribution is 7.09. The Hall–Kier alpha value is -2.57.